The van der Waals surface area contributed by atoms with Crippen molar-refractivity contribution in [3.8, 4) is 0 Å². The van der Waals surface area contributed by atoms with Crippen molar-refractivity contribution in [1.82, 2.24) is 10.2 Å². The lowest BCUT2D eigenvalue weighted by Gasteiger charge is -2.42. The minimum atomic E-state index is 0.502. The van der Waals surface area contributed by atoms with Crippen molar-refractivity contribution >= 4 is 0 Å². The monoisotopic (exact) mass is 254 g/mol. The van der Waals surface area contributed by atoms with Crippen LogP contribution in [0.25, 0.3) is 0 Å². The van der Waals surface area contributed by atoms with E-state index in [0.29, 0.717) is 12.1 Å². The lowest BCUT2D eigenvalue weighted by Crippen LogP contribution is -2.55. The van der Waals surface area contributed by atoms with Crippen LogP contribution in [0, 0.1) is 5.92 Å². The molecule has 2 aliphatic rings. The van der Waals surface area contributed by atoms with Crippen molar-refractivity contribution < 1.29 is 4.74 Å². The van der Waals surface area contributed by atoms with E-state index in [1.165, 1.54) is 45.2 Å². The van der Waals surface area contributed by atoms with Crippen LogP contribution in [0.1, 0.15) is 46.0 Å². The molecule has 1 heterocycles. The van der Waals surface area contributed by atoms with Crippen LogP contribution in [-0.4, -0.2) is 49.8 Å². The normalized spacial score (nSPS) is 35.0. The molecule has 0 spiro atoms. The van der Waals surface area contributed by atoms with Gasteiger partial charge in [-0.3, -0.25) is 4.90 Å². The van der Waals surface area contributed by atoms with E-state index >= 15 is 0 Å². The number of hydrogen-bond donors (Lipinski definition) is 1. The Morgan fingerprint density at radius 1 is 1.33 bits per heavy atom. The Kier molecular flexibility index (Phi) is 5.46. The first kappa shape index (κ1) is 14.3. The van der Waals surface area contributed by atoms with Crippen molar-refractivity contribution in [1.29, 1.82) is 0 Å². The molecule has 0 aromatic rings. The number of ether oxygens (including phenoxy) is 1. The van der Waals surface area contributed by atoms with Crippen molar-refractivity contribution in [3.05, 3.63) is 0 Å². The van der Waals surface area contributed by atoms with Crippen LogP contribution >= 0.6 is 0 Å². The largest absolute Gasteiger partial charge is 0.381 e. The van der Waals surface area contributed by atoms with Gasteiger partial charge in [-0.25, -0.2) is 0 Å². The Bertz CT molecular complexity index is 245. The van der Waals surface area contributed by atoms with Gasteiger partial charge in [0.15, 0.2) is 0 Å². The fourth-order valence-corrected chi connectivity index (χ4v) is 3.58. The predicted molar refractivity (Wildman–Crippen MR) is 75.9 cm³/mol. The fraction of sp³-hybridized carbons (Fsp3) is 1.00. The first-order valence-corrected chi connectivity index (χ1v) is 7.69. The highest BCUT2D eigenvalue weighted by Crippen LogP contribution is 2.26. The molecular weight excluding hydrogens is 224 g/mol. The average molecular weight is 254 g/mol. The number of nitrogens with one attached hydrogen (secondary N) is 1. The van der Waals surface area contributed by atoms with E-state index in [1.54, 1.807) is 0 Å². The first-order valence-electron chi connectivity index (χ1n) is 7.69. The van der Waals surface area contributed by atoms with Crippen molar-refractivity contribution in [2.75, 3.05) is 26.7 Å². The third-order valence-corrected chi connectivity index (χ3v) is 4.49. The van der Waals surface area contributed by atoms with Crippen molar-refractivity contribution in [2.45, 2.75) is 64.1 Å². The molecule has 0 radical (unpaired) electrons. The van der Waals surface area contributed by atoms with Gasteiger partial charge in [-0.1, -0.05) is 13.8 Å². The molecule has 2 rings (SSSR count). The van der Waals surface area contributed by atoms with Crippen LogP contribution in [0.15, 0.2) is 0 Å². The van der Waals surface area contributed by atoms with Gasteiger partial charge in [0.2, 0.25) is 0 Å². The maximum Gasteiger partial charge on any atom is 0.0586 e. The highest BCUT2D eigenvalue weighted by Gasteiger charge is 2.30. The summed E-state index contributed by atoms with van der Waals surface area (Å²) in [5, 5.41) is 3.67. The number of methoxy groups -OCH3 is 1. The molecule has 3 nitrogen and oxygen atoms in total. The molecule has 1 aliphatic carbocycles. The maximum atomic E-state index is 5.56. The standard InChI is InChI=1S/C15H30N2O/c1-12(2)9-13-11-17(8-7-16-13)14-5-4-6-15(10-14)18-3/h12-16H,4-11H2,1-3H3. The molecule has 0 aromatic carbocycles. The molecule has 2 fully saturated rings. The lowest BCUT2D eigenvalue weighted by molar-refractivity contribution is 0.0185. The number of nitrogens with zero attached hydrogens (tertiary/aromatic N) is 1. The summed E-state index contributed by atoms with van der Waals surface area (Å²) in [7, 11) is 1.87. The number of hydrogen-bond acceptors (Lipinski definition) is 3. The number of rotatable bonds is 4. The van der Waals surface area contributed by atoms with Gasteiger partial charge in [-0.2, -0.15) is 0 Å². The molecule has 0 bridgehead atoms. The molecule has 3 unspecified atom stereocenters. The highest BCUT2D eigenvalue weighted by atomic mass is 16.5. The molecule has 1 saturated carbocycles. The van der Waals surface area contributed by atoms with Crippen molar-refractivity contribution in [3.63, 3.8) is 0 Å². The molecule has 106 valence electrons. The van der Waals surface area contributed by atoms with Gasteiger partial charge in [0.25, 0.3) is 0 Å². The molecule has 1 saturated heterocycles. The Hall–Kier alpha value is -0.120. The Morgan fingerprint density at radius 3 is 2.89 bits per heavy atom. The second kappa shape index (κ2) is 6.88. The summed E-state index contributed by atoms with van der Waals surface area (Å²) in [5.74, 6) is 0.792. The van der Waals surface area contributed by atoms with E-state index in [9.17, 15) is 0 Å². The molecule has 0 amide bonds. The van der Waals surface area contributed by atoms with Crippen molar-refractivity contribution in [2.24, 2.45) is 5.92 Å². The second-order valence-electron chi connectivity index (χ2n) is 6.45. The average Bonchev–Trinajstić information content (AvgIpc) is 2.38. The zero-order valence-electron chi connectivity index (χ0n) is 12.3. The van der Waals surface area contributed by atoms with E-state index in [-0.39, 0.29) is 0 Å². The fourth-order valence-electron chi connectivity index (χ4n) is 3.58. The smallest absolute Gasteiger partial charge is 0.0586 e. The van der Waals surface area contributed by atoms with Gasteiger partial charge in [0.05, 0.1) is 6.10 Å². The SMILES string of the molecule is COC1CCCC(N2CCNC(CC(C)C)C2)C1. The summed E-state index contributed by atoms with van der Waals surface area (Å²) in [6.07, 6.45) is 7.01. The first-order chi connectivity index (χ1) is 8.69. The Morgan fingerprint density at radius 2 is 2.17 bits per heavy atom. The van der Waals surface area contributed by atoms with Gasteiger partial charge in [0, 0.05) is 38.8 Å². The Labute approximate surface area is 112 Å². The second-order valence-corrected chi connectivity index (χ2v) is 6.45. The third-order valence-electron chi connectivity index (χ3n) is 4.49. The zero-order chi connectivity index (χ0) is 13.0. The molecular formula is C15H30N2O. The van der Waals surface area contributed by atoms with E-state index in [4.69, 9.17) is 4.74 Å². The summed E-state index contributed by atoms with van der Waals surface area (Å²) in [5.41, 5.74) is 0. The lowest BCUT2D eigenvalue weighted by atomic mass is 9.90. The molecule has 1 aliphatic heterocycles. The van der Waals surface area contributed by atoms with Crippen LogP contribution in [-0.2, 0) is 4.74 Å². The minimum absolute atomic E-state index is 0.502. The van der Waals surface area contributed by atoms with Crippen LogP contribution in [0.4, 0.5) is 0 Å². The van der Waals surface area contributed by atoms with Gasteiger partial charge in [-0.15, -0.1) is 0 Å². The molecule has 18 heavy (non-hydrogen) atoms. The summed E-state index contributed by atoms with van der Waals surface area (Å²) in [6.45, 7) is 8.25. The van der Waals surface area contributed by atoms with E-state index < -0.39 is 0 Å². The molecule has 0 aromatic heterocycles. The van der Waals surface area contributed by atoms with Gasteiger partial charge >= 0.3 is 0 Å². The topological polar surface area (TPSA) is 24.5 Å². The van der Waals surface area contributed by atoms with Crippen LogP contribution in [0.3, 0.4) is 0 Å². The van der Waals surface area contributed by atoms with E-state index in [0.717, 1.165) is 18.5 Å². The summed E-state index contributed by atoms with van der Waals surface area (Å²) in [6, 6.07) is 1.46. The molecule has 1 N–H and O–H groups in total. The van der Waals surface area contributed by atoms with Gasteiger partial charge < -0.3 is 10.1 Å². The Balaban J connectivity index is 1.84. The quantitative estimate of drug-likeness (QED) is 0.833. The van der Waals surface area contributed by atoms with Crippen LogP contribution in [0.5, 0.6) is 0 Å². The number of piperazine rings is 1. The van der Waals surface area contributed by atoms with Crippen LogP contribution < -0.4 is 5.32 Å². The highest BCUT2D eigenvalue weighted by molar-refractivity contribution is 4.87. The summed E-state index contributed by atoms with van der Waals surface area (Å²) < 4.78 is 5.56. The molecule has 3 heteroatoms. The third kappa shape index (κ3) is 3.94. The van der Waals surface area contributed by atoms with Crippen LogP contribution in [0.2, 0.25) is 0 Å². The van der Waals surface area contributed by atoms with Gasteiger partial charge in [-0.05, 0) is 38.0 Å². The van der Waals surface area contributed by atoms with E-state index in [1.807, 2.05) is 7.11 Å². The molecule has 3 atom stereocenters. The predicted octanol–water partition coefficient (Wildman–Crippen LogP) is 2.26. The summed E-state index contributed by atoms with van der Waals surface area (Å²) >= 11 is 0. The van der Waals surface area contributed by atoms with E-state index in [2.05, 4.69) is 24.1 Å². The van der Waals surface area contributed by atoms with Gasteiger partial charge in [0.1, 0.15) is 0 Å². The maximum absolute atomic E-state index is 5.56. The zero-order valence-corrected chi connectivity index (χ0v) is 12.3. The minimum Gasteiger partial charge on any atom is -0.381 e. The summed E-state index contributed by atoms with van der Waals surface area (Å²) in [4.78, 5) is 2.72.